The highest BCUT2D eigenvalue weighted by Crippen LogP contribution is 2.29. The average molecular weight is 549 g/mol. The summed E-state index contributed by atoms with van der Waals surface area (Å²) in [5, 5.41) is 33.7. The summed E-state index contributed by atoms with van der Waals surface area (Å²) < 4.78 is 14.8. The maximum atomic E-state index is 13.5. The molecule has 0 saturated carbocycles. The van der Waals surface area contributed by atoms with Gasteiger partial charge < -0.3 is 25.5 Å². The van der Waals surface area contributed by atoms with Gasteiger partial charge in [-0.05, 0) is 55.2 Å². The SMILES string of the molecule is Cc1cc(C(=O)NCC2=NOC(Cc3ccccc3)(C(=O)NC(CC(C)C)B(O)O)C2)n(-c2ccc(F)cc2)n1. The van der Waals surface area contributed by atoms with Crippen LogP contribution in [0.2, 0.25) is 0 Å². The van der Waals surface area contributed by atoms with Gasteiger partial charge in [-0.2, -0.15) is 5.10 Å². The van der Waals surface area contributed by atoms with Crippen LogP contribution in [0, 0.1) is 18.7 Å². The fraction of sp³-hybridized carbons (Fsp3) is 0.357. The summed E-state index contributed by atoms with van der Waals surface area (Å²) >= 11 is 0. The van der Waals surface area contributed by atoms with E-state index in [1.807, 2.05) is 44.2 Å². The van der Waals surface area contributed by atoms with Crippen LogP contribution < -0.4 is 10.6 Å². The summed E-state index contributed by atoms with van der Waals surface area (Å²) in [4.78, 5) is 32.4. The van der Waals surface area contributed by atoms with Crippen molar-refractivity contribution in [2.45, 2.75) is 51.6 Å². The van der Waals surface area contributed by atoms with Gasteiger partial charge in [0.05, 0.1) is 29.6 Å². The molecule has 1 aliphatic heterocycles. The van der Waals surface area contributed by atoms with E-state index >= 15 is 0 Å². The molecule has 2 unspecified atom stereocenters. The van der Waals surface area contributed by atoms with Crippen LogP contribution in [0.1, 0.15) is 48.4 Å². The van der Waals surface area contributed by atoms with Crippen molar-refractivity contribution in [1.82, 2.24) is 20.4 Å². The van der Waals surface area contributed by atoms with Crippen molar-refractivity contribution in [1.29, 1.82) is 0 Å². The molecule has 0 spiro atoms. The van der Waals surface area contributed by atoms with Crippen LogP contribution in [0.4, 0.5) is 4.39 Å². The molecule has 2 amide bonds. The maximum Gasteiger partial charge on any atom is 0.475 e. The molecule has 0 aliphatic carbocycles. The molecule has 0 fully saturated rings. The van der Waals surface area contributed by atoms with E-state index in [2.05, 4.69) is 20.9 Å². The summed E-state index contributed by atoms with van der Waals surface area (Å²) in [6.07, 6.45) is 0.628. The Morgan fingerprint density at radius 3 is 2.50 bits per heavy atom. The lowest BCUT2D eigenvalue weighted by molar-refractivity contribution is -0.144. The second-order valence-electron chi connectivity index (χ2n) is 10.4. The molecule has 2 aromatic carbocycles. The number of oxime groups is 1. The molecule has 0 radical (unpaired) electrons. The third kappa shape index (κ3) is 6.94. The van der Waals surface area contributed by atoms with Crippen molar-refractivity contribution in [3.63, 3.8) is 0 Å². The standard InChI is InChI=1S/C28H33BFN5O5/c1-18(2)13-25(29(38)39)32-27(37)28(15-20-7-5-4-6-8-20)16-22(34-40-28)17-31-26(36)24-14-19(3)33-35(24)23-11-9-21(30)10-12-23/h4-12,14,18,25,38-39H,13,15-17H2,1-3H3,(H,31,36)(H,32,37). The van der Waals surface area contributed by atoms with E-state index in [1.54, 1.807) is 13.0 Å². The molecule has 4 N–H and O–H groups in total. The normalized spacial score (nSPS) is 17.2. The molecule has 1 aliphatic rings. The number of benzene rings is 2. The maximum absolute atomic E-state index is 13.5. The highest BCUT2D eigenvalue weighted by molar-refractivity contribution is 6.43. The number of nitrogens with zero attached hydrogens (tertiary/aromatic N) is 3. The molecule has 3 aromatic rings. The Morgan fingerprint density at radius 2 is 1.85 bits per heavy atom. The van der Waals surface area contributed by atoms with Crippen molar-refractivity contribution >= 4 is 24.6 Å². The molecular formula is C28H33BFN5O5. The quantitative estimate of drug-likeness (QED) is 0.271. The number of carbonyl (C=O) groups excluding carboxylic acids is 2. The average Bonchev–Trinajstić information content (AvgIpc) is 3.52. The zero-order valence-electron chi connectivity index (χ0n) is 22.7. The third-order valence-electron chi connectivity index (χ3n) is 6.58. The second kappa shape index (κ2) is 12.4. The molecule has 1 aromatic heterocycles. The smallest absolute Gasteiger partial charge is 0.426 e. The molecule has 40 heavy (non-hydrogen) atoms. The second-order valence-corrected chi connectivity index (χ2v) is 10.4. The highest BCUT2D eigenvalue weighted by atomic mass is 19.1. The minimum absolute atomic E-state index is 0.00828. The number of hydrogen-bond acceptors (Lipinski definition) is 7. The van der Waals surface area contributed by atoms with E-state index in [-0.39, 0.29) is 31.0 Å². The Balaban J connectivity index is 1.48. The summed E-state index contributed by atoms with van der Waals surface area (Å²) in [5.74, 6) is -2.13. The monoisotopic (exact) mass is 549 g/mol. The Hall–Kier alpha value is -4.03. The molecule has 210 valence electrons. The van der Waals surface area contributed by atoms with Gasteiger partial charge in [0.2, 0.25) is 5.60 Å². The number of rotatable bonds is 11. The topological polar surface area (TPSA) is 138 Å². The Labute approximate surface area is 232 Å². The van der Waals surface area contributed by atoms with Crippen LogP contribution in [-0.4, -0.2) is 62.6 Å². The van der Waals surface area contributed by atoms with Gasteiger partial charge in [0.25, 0.3) is 11.8 Å². The van der Waals surface area contributed by atoms with Crippen molar-refractivity contribution < 1.29 is 28.9 Å². The molecule has 0 bridgehead atoms. The molecule has 0 saturated heterocycles. The number of hydrogen-bond donors (Lipinski definition) is 4. The number of halogens is 1. The first-order valence-corrected chi connectivity index (χ1v) is 13.1. The molecule has 12 heteroatoms. The Morgan fingerprint density at radius 1 is 1.15 bits per heavy atom. The van der Waals surface area contributed by atoms with Gasteiger partial charge in [0, 0.05) is 12.8 Å². The van der Waals surface area contributed by atoms with E-state index in [4.69, 9.17) is 4.84 Å². The fourth-order valence-electron chi connectivity index (χ4n) is 4.64. The van der Waals surface area contributed by atoms with E-state index in [1.165, 1.54) is 28.9 Å². The minimum Gasteiger partial charge on any atom is -0.426 e. The van der Waals surface area contributed by atoms with Crippen LogP contribution >= 0.6 is 0 Å². The lowest BCUT2D eigenvalue weighted by atomic mass is 9.74. The van der Waals surface area contributed by atoms with Gasteiger partial charge >= 0.3 is 7.12 Å². The Kier molecular flexibility index (Phi) is 9.01. The minimum atomic E-state index is -1.74. The van der Waals surface area contributed by atoms with Gasteiger partial charge in [0.1, 0.15) is 11.5 Å². The van der Waals surface area contributed by atoms with Crippen LogP contribution in [0.15, 0.2) is 65.8 Å². The van der Waals surface area contributed by atoms with Crippen LogP contribution in [0.25, 0.3) is 5.69 Å². The van der Waals surface area contributed by atoms with Gasteiger partial charge in [-0.15, -0.1) is 0 Å². The van der Waals surface area contributed by atoms with Gasteiger partial charge in [0.15, 0.2) is 0 Å². The van der Waals surface area contributed by atoms with E-state index in [9.17, 15) is 24.0 Å². The number of aryl methyl sites for hydroxylation is 1. The molecule has 2 heterocycles. The molecule has 4 rings (SSSR count). The molecule has 2 atom stereocenters. The third-order valence-corrected chi connectivity index (χ3v) is 6.58. The molecule has 10 nitrogen and oxygen atoms in total. The van der Waals surface area contributed by atoms with Crippen molar-refractivity contribution in [3.05, 3.63) is 83.4 Å². The number of nitrogens with one attached hydrogen (secondary N) is 2. The first-order valence-electron chi connectivity index (χ1n) is 13.1. The van der Waals surface area contributed by atoms with Crippen molar-refractivity contribution in [3.8, 4) is 5.69 Å². The summed E-state index contributed by atoms with van der Waals surface area (Å²) in [6, 6.07) is 16.5. The molecular weight excluding hydrogens is 516 g/mol. The highest BCUT2D eigenvalue weighted by Gasteiger charge is 2.48. The lowest BCUT2D eigenvalue weighted by Crippen LogP contribution is -2.56. The number of amides is 2. The van der Waals surface area contributed by atoms with E-state index < -0.39 is 36.3 Å². The number of carbonyl (C=O) groups is 2. The van der Waals surface area contributed by atoms with Crippen LogP contribution in [0.5, 0.6) is 0 Å². The first-order chi connectivity index (χ1) is 19.1. The predicted molar refractivity (Wildman–Crippen MR) is 148 cm³/mol. The van der Waals surface area contributed by atoms with Crippen LogP contribution in [0.3, 0.4) is 0 Å². The lowest BCUT2D eigenvalue weighted by Gasteiger charge is -2.29. The largest absolute Gasteiger partial charge is 0.475 e. The summed E-state index contributed by atoms with van der Waals surface area (Å²) in [5.41, 5.74) is 1.23. The van der Waals surface area contributed by atoms with Crippen molar-refractivity contribution in [2.75, 3.05) is 6.54 Å². The zero-order chi connectivity index (χ0) is 28.9. The van der Waals surface area contributed by atoms with Gasteiger partial charge in [-0.25, -0.2) is 9.07 Å². The van der Waals surface area contributed by atoms with E-state index in [0.29, 0.717) is 23.5 Å². The Bertz CT molecular complexity index is 1360. The van der Waals surface area contributed by atoms with E-state index in [0.717, 1.165) is 5.56 Å². The van der Waals surface area contributed by atoms with Crippen LogP contribution in [-0.2, 0) is 16.1 Å². The zero-order valence-corrected chi connectivity index (χ0v) is 22.7. The number of aromatic nitrogens is 2. The summed E-state index contributed by atoms with van der Waals surface area (Å²) in [7, 11) is -1.74. The predicted octanol–water partition coefficient (Wildman–Crippen LogP) is 2.35. The first kappa shape index (κ1) is 29.0. The fourth-order valence-corrected chi connectivity index (χ4v) is 4.64. The van der Waals surface area contributed by atoms with Crippen molar-refractivity contribution in [2.24, 2.45) is 11.1 Å². The summed E-state index contributed by atoms with van der Waals surface area (Å²) in [6.45, 7) is 5.59. The van der Waals surface area contributed by atoms with Gasteiger partial charge in [-0.1, -0.05) is 49.3 Å². The van der Waals surface area contributed by atoms with Gasteiger partial charge in [-0.3, -0.25) is 9.59 Å².